The molecule has 2 heterocycles. The van der Waals surface area contributed by atoms with Gasteiger partial charge in [-0.25, -0.2) is 14.4 Å². The lowest BCUT2D eigenvalue weighted by molar-refractivity contribution is -0.383. The number of rotatable bonds is 2. The van der Waals surface area contributed by atoms with Crippen LogP contribution in [0.2, 0.25) is 0 Å². The molecule has 0 atom stereocenters. The van der Waals surface area contributed by atoms with E-state index >= 15 is 0 Å². The van der Waals surface area contributed by atoms with E-state index in [1.54, 1.807) is 12.1 Å². The Balaban J connectivity index is 2.25. The number of non-ortho nitro benzene ring substituents is 1. The van der Waals surface area contributed by atoms with Crippen LogP contribution in [0.4, 0.5) is 15.9 Å². The maximum Gasteiger partial charge on any atom is 0.293 e. The smallest absolute Gasteiger partial charge is 0.293 e. The van der Waals surface area contributed by atoms with Crippen molar-refractivity contribution in [1.82, 2.24) is 15.0 Å². The molecule has 0 spiro atoms. The topological polar surface area (TPSA) is 111 Å². The van der Waals surface area contributed by atoms with E-state index in [-0.39, 0.29) is 17.3 Å². The number of nitrogens with one attached hydrogen (secondary N) is 1. The molecule has 0 amide bonds. The highest BCUT2D eigenvalue weighted by Crippen LogP contribution is 2.31. The van der Waals surface area contributed by atoms with Gasteiger partial charge >= 0.3 is 0 Å². The van der Waals surface area contributed by atoms with Crippen LogP contribution < -0.4 is 5.73 Å². The first-order chi connectivity index (χ1) is 9.58. The fraction of sp³-hybridized carbons (Fsp3) is 0. The van der Waals surface area contributed by atoms with Gasteiger partial charge < -0.3 is 10.7 Å². The van der Waals surface area contributed by atoms with Crippen molar-refractivity contribution in [1.29, 1.82) is 0 Å². The summed E-state index contributed by atoms with van der Waals surface area (Å²) < 4.78 is 13.1. The van der Waals surface area contributed by atoms with Crippen LogP contribution in [-0.2, 0) is 0 Å². The number of aromatic amines is 1. The fourth-order valence-electron chi connectivity index (χ4n) is 1.99. The Kier molecular flexibility index (Phi) is 2.56. The third kappa shape index (κ3) is 1.74. The van der Waals surface area contributed by atoms with Crippen LogP contribution in [0.25, 0.3) is 22.3 Å². The average molecular weight is 273 g/mol. The minimum atomic E-state index is -0.709. The van der Waals surface area contributed by atoms with E-state index in [0.717, 1.165) is 6.20 Å². The van der Waals surface area contributed by atoms with Crippen LogP contribution in [0.1, 0.15) is 0 Å². The number of nitro groups is 1. The van der Waals surface area contributed by atoms with Crippen LogP contribution in [0.5, 0.6) is 0 Å². The molecule has 2 aromatic heterocycles. The number of nitrogens with zero attached hydrogens (tertiary/aromatic N) is 3. The van der Waals surface area contributed by atoms with E-state index in [4.69, 9.17) is 5.73 Å². The number of nitrogen functional groups attached to an aromatic ring is 1. The molecule has 8 heteroatoms. The van der Waals surface area contributed by atoms with Crippen molar-refractivity contribution in [3.05, 3.63) is 46.5 Å². The van der Waals surface area contributed by atoms with Crippen molar-refractivity contribution in [3.63, 3.8) is 0 Å². The van der Waals surface area contributed by atoms with Crippen LogP contribution in [0, 0.1) is 15.9 Å². The second kappa shape index (κ2) is 4.26. The molecule has 0 bridgehead atoms. The number of fused-ring (bicyclic) bond motifs is 1. The molecule has 100 valence electrons. The molecule has 0 fully saturated rings. The van der Waals surface area contributed by atoms with Crippen LogP contribution in [0.3, 0.4) is 0 Å². The number of nitrogens with two attached hydrogens (primary N) is 1. The second-order valence-electron chi connectivity index (χ2n) is 4.09. The zero-order chi connectivity index (χ0) is 14.3. The van der Waals surface area contributed by atoms with Gasteiger partial charge in [0.05, 0.1) is 11.1 Å². The molecule has 7 nitrogen and oxygen atoms in total. The minimum Gasteiger partial charge on any atom is -0.381 e. The normalized spacial score (nSPS) is 10.8. The first kappa shape index (κ1) is 12.0. The van der Waals surface area contributed by atoms with E-state index in [2.05, 4.69) is 15.0 Å². The van der Waals surface area contributed by atoms with Gasteiger partial charge in [-0.15, -0.1) is 0 Å². The highest BCUT2D eigenvalue weighted by molar-refractivity contribution is 5.98. The van der Waals surface area contributed by atoms with Gasteiger partial charge in [-0.05, 0) is 0 Å². The van der Waals surface area contributed by atoms with Crippen molar-refractivity contribution < 1.29 is 9.31 Å². The fourth-order valence-corrected chi connectivity index (χ4v) is 1.99. The Hall–Kier alpha value is -3.03. The number of H-pyrrole nitrogens is 1. The van der Waals surface area contributed by atoms with Crippen LogP contribution in [0.15, 0.2) is 30.6 Å². The van der Waals surface area contributed by atoms with Gasteiger partial charge in [0.2, 0.25) is 0 Å². The predicted molar refractivity (Wildman–Crippen MR) is 70.3 cm³/mol. The van der Waals surface area contributed by atoms with Crippen LogP contribution in [-0.4, -0.2) is 19.9 Å². The average Bonchev–Trinajstić information content (AvgIpc) is 2.85. The number of hydrogen-bond acceptors (Lipinski definition) is 5. The molecule has 0 saturated carbocycles. The van der Waals surface area contributed by atoms with Crippen molar-refractivity contribution in [3.8, 4) is 11.4 Å². The van der Waals surface area contributed by atoms with E-state index in [9.17, 15) is 14.5 Å². The highest BCUT2D eigenvalue weighted by atomic mass is 19.1. The number of aromatic nitrogens is 3. The van der Waals surface area contributed by atoms with Crippen molar-refractivity contribution in [2.24, 2.45) is 0 Å². The summed E-state index contributed by atoms with van der Waals surface area (Å²) >= 11 is 0. The zero-order valence-corrected chi connectivity index (χ0v) is 10.0. The summed E-state index contributed by atoms with van der Waals surface area (Å²) in [5.41, 5.74) is 6.24. The van der Waals surface area contributed by atoms with E-state index in [0.29, 0.717) is 16.5 Å². The van der Waals surface area contributed by atoms with Crippen molar-refractivity contribution in [2.75, 3.05) is 5.73 Å². The molecule has 0 saturated heterocycles. The summed E-state index contributed by atoms with van der Waals surface area (Å²) in [4.78, 5) is 21.0. The lowest BCUT2D eigenvalue weighted by Crippen LogP contribution is -1.98. The monoisotopic (exact) mass is 273 g/mol. The Labute approximate surface area is 111 Å². The van der Waals surface area contributed by atoms with E-state index < -0.39 is 10.7 Å². The van der Waals surface area contributed by atoms with Crippen molar-refractivity contribution in [2.45, 2.75) is 0 Å². The number of benzene rings is 1. The Morgan fingerprint density at radius 1 is 1.40 bits per heavy atom. The molecule has 0 aliphatic rings. The Morgan fingerprint density at radius 3 is 2.90 bits per heavy atom. The molecule has 0 aliphatic heterocycles. The molecule has 1 aromatic carbocycles. The van der Waals surface area contributed by atoms with E-state index in [1.165, 1.54) is 12.3 Å². The number of halogens is 1. The summed E-state index contributed by atoms with van der Waals surface area (Å²) in [6, 6.07) is 4.64. The molecule has 3 rings (SSSR count). The summed E-state index contributed by atoms with van der Waals surface area (Å²) in [5.74, 6) is -0.773. The molecular formula is C12H8FN5O2. The summed E-state index contributed by atoms with van der Waals surface area (Å²) in [6.07, 6.45) is 2.50. The maximum absolute atomic E-state index is 13.1. The predicted octanol–water partition coefficient (Wildman–Crippen LogP) is 2.25. The van der Waals surface area contributed by atoms with Gasteiger partial charge in [-0.2, -0.15) is 0 Å². The van der Waals surface area contributed by atoms with Gasteiger partial charge in [-0.3, -0.25) is 10.1 Å². The third-order valence-corrected chi connectivity index (χ3v) is 2.90. The number of anilines is 1. The Bertz CT molecular complexity index is 830. The van der Waals surface area contributed by atoms with Gasteiger partial charge in [-0.1, -0.05) is 12.1 Å². The Morgan fingerprint density at radius 2 is 2.20 bits per heavy atom. The number of para-hydroxylation sites is 1. The SMILES string of the molecule is Nc1nc(-c2c[nH]c3c([N+](=O)[O-])cccc23)ncc1F. The molecule has 3 aromatic rings. The minimum absolute atomic E-state index is 0.0520. The molecule has 0 aliphatic carbocycles. The number of hydrogen-bond donors (Lipinski definition) is 2. The maximum atomic E-state index is 13.1. The highest BCUT2D eigenvalue weighted by Gasteiger charge is 2.17. The lowest BCUT2D eigenvalue weighted by Gasteiger charge is -2.00. The summed E-state index contributed by atoms with van der Waals surface area (Å²) in [6.45, 7) is 0. The van der Waals surface area contributed by atoms with Crippen LogP contribution >= 0.6 is 0 Å². The van der Waals surface area contributed by atoms with Crippen molar-refractivity contribution >= 4 is 22.4 Å². The van der Waals surface area contributed by atoms with Gasteiger partial charge in [0.15, 0.2) is 17.5 Å². The first-order valence-electron chi connectivity index (χ1n) is 5.61. The second-order valence-corrected chi connectivity index (χ2v) is 4.09. The van der Waals surface area contributed by atoms with E-state index in [1.807, 2.05) is 0 Å². The molecule has 3 N–H and O–H groups in total. The zero-order valence-electron chi connectivity index (χ0n) is 10.0. The lowest BCUT2D eigenvalue weighted by atomic mass is 10.1. The standard InChI is InChI=1S/C12H8FN5O2/c13-8-5-16-12(17-11(8)14)7-4-15-10-6(7)2-1-3-9(10)18(19)20/h1-5,15H,(H2,14,16,17). The first-order valence-corrected chi connectivity index (χ1v) is 5.61. The largest absolute Gasteiger partial charge is 0.381 e. The summed E-state index contributed by atoms with van der Waals surface area (Å²) in [7, 11) is 0. The van der Waals surface area contributed by atoms with Gasteiger partial charge in [0.1, 0.15) is 5.52 Å². The quantitative estimate of drug-likeness (QED) is 0.549. The van der Waals surface area contributed by atoms with Gasteiger partial charge in [0.25, 0.3) is 5.69 Å². The molecule has 0 unspecified atom stereocenters. The molecular weight excluding hydrogens is 265 g/mol. The molecule has 0 radical (unpaired) electrons. The summed E-state index contributed by atoms with van der Waals surface area (Å²) in [5, 5.41) is 11.5. The third-order valence-electron chi connectivity index (χ3n) is 2.90. The number of nitro benzene ring substituents is 1. The van der Waals surface area contributed by atoms with Gasteiger partial charge in [0, 0.05) is 23.2 Å². The molecule has 20 heavy (non-hydrogen) atoms.